The minimum absolute atomic E-state index is 0.00903. The summed E-state index contributed by atoms with van der Waals surface area (Å²) in [6, 6.07) is 13.0. The molecule has 1 aromatic heterocycles. The number of piperidine rings is 1. The average molecular weight is 425 g/mol. The molecule has 1 unspecified atom stereocenters. The van der Waals surface area contributed by atoms with Crippen LogP contribution in [0.1, 0.15) is 19.8 Å². The van der Waals surface area contributed by atoms with Gasteiger partial charge in [0.25, 0.3) is 0 Å². The second-order valence-electron chi connectivity index (χ2n) is 7.36. The highest BCUT2D eigenvalue weighted by atomic mass is 32.1. The molecule has 0 spiro atoms. The standard InChI is InChI=1S/C22H24N4O3S/c1-14(27)23-16-5-7-17(8-6-16)24-21(28)15-4-3-11-26(13-15)22-25-19-10-9-18(29-2)12-20(19)30-22/h5-10,12,15H,3-4,11,13H2,1-2H3,(H,23,27)(H,24,28). The van der Waals surface area contributed by atoms with Crippen LogP contribution in [-0.2, 0) is 9.59 Å². The molecule has 1 atom stereocenters. The molecule has 0 aliphatic carbocycles. The van der Waals surface area contributed by atoms with Crippen LogP contribution >= 0.6 is 11.3 Å². The molecule has 1 aliphatic heterocycles. The van der Waals surface area contributed by atoms with Gasteiger partial charge in [-0.05, 0) is 55.3 Å². The molecule has 0 radical (unpaired) electrons. The van der Waals surface area contributed by atoms with Crippen LogP contribution in [0.25, 0.3) is 10.2 Å². The van der Waals surface area contributed by atoms with Gasteiger partial charge in [0.05, 0.1) is 23.2 Å². The van der Waals surface area contributed by atoms with Crippen molar-refractivity contribution in [3.05, 3.63) is 42.5 Å². The summed E-state index contributed by atoms with van der Waals surface area (Å²) >= 11 is 1.63. The lowest BCUT2D eigenvalue weighted by atomic mass is 9.97. The second kappa shape index (κ2) is 8.71. The number of ether oxygens (including phenoxy) is 1. The van der Waals surface area contributed by atoms with Gasteiger partial charge < -0.3 is 20.3 Å². The molecule has 2 N–H and O–H groups in total. The first kappa shape index (κ1) is 20.2. The smallest absolute Gasteiger partial charge is 0.229 e. The van der Waals surface area contributed by atoms with Gasteiger partial charge >= 0.3 is 0 Å². The second-order valence-corrected chi connectivity index (χ2v) is 8.37. The SMILES string of the molecule is COc1ccc2nc(N3CCCC(C(=O)Nc4ccc(NC(C)=O)cc4)C3)sc2c1. The number of thiazole rings is 1. The summed E-state index contributed by atoms with van der Waals surface area (Å²) in [5.41, 5.74) is 2.37. The number of fused-ring (bicyclic) bond motifs is 1. The van der Waals surface area contributed by atoms with Crippen molar-refractivity contribution in [2.24, 2.45) is 5.92 Å². The van der Waals surface area contributed by atoms with Crippen molar-refractivity contribution in [3.63, 3.8) is 0 Å². The molecule has 30 heavy (non-hydrogen) atoms. The molecule has 7 nitrogen and oxygen atoms in total. The maximum atomic E-state index is 12.8. The fourth-order valence-electron chi connectivity index (χ4n) is 3.60. The zero-order valence-corrected chi connectivity index (χ0v) is 17.8. The molecule has 1 aliphatic rings. The van der Waals surface area contributed by atoms with E-state index in [9.17, 15) is 9.59 Å². The van der Waals surface area contributed by atoms with Crippen LogP contribution in [0.15, 0.2) is 42.5 Å². The Morgan fingerprint density at radius 3 is 2.57 bits per heavy atom. The van der Waals surface area contributed by atoms with E-state index in [-0.39, 0.29) is 17.7 Å². The number of carbonyl (C=O) groups excluding carboxylic acids is 2. The van der Waals surface area contributed by atoms with E-state index in [1.165, 1.54) is 6.92 Å². The summed E-state index contributed by atoms with van der Waals surface area (Å²) < 4.78 is 6.38. The Morgan fingerprint density at radius 1 is 1.13 bits per heavy atom. The van der Waals surface area contributed by atoms with Crippen molar-refractivity contribution >= 4 is 49.9 Å². The molecule has 1 saturated heterocycles. The molecule has 8 heteroatoms. The van der Waals surface area contributed by atoms with Gasteiger partial charge in [0.2, 0.25) is 11.8 Å². The van der Waals surface area contributed by atoms with E-state index in [4.69, 9.17) is 9.72 Å². The Labute approximate surface area is 179 Å². The van der Waals surface area contributed by atoms with Crippen LogP contribution in [0, 0.1) is 5.92 Å². The molecule has 4 rings (SSSR count). The van der Waals surface area contributed by atoms with Crippen LogP contribution in [0.5, 0.6) is 5.75 Å². The molecule has 2 heterocycles. The number of hydrogen-bond acceptors (Lipinski definition) is 6. The number of hydrogen-bond donors (Lipinski definition) is 2. The lowest BCUT2D eigenvalue weighted by molar-refractivity contribution is -0.120. The first-order valence-electron chi connectivity index (χ1n) is 9.90. The lowest BCUT2D eigenvalue weighted by Gasteiger charge is -2.31. The summed E-state index contributed by atoms with van der Waals surface area (Å²) in [5.74, 6) is 0.602. The number of anilines is 3. The number of amides is 2. The third-order valence-electron chi connectivity index (χ3n) is 5.12. The molecule has 2 aromatic carbocycles. The molecule has 0 saturated carbocycles. The molecule has 3 aromatic rings. The first-order chi connectivity index (χ1) is 14.5. The molecule has 0 bridgehead atoms. The fourth-order valence-corrected chi connectivity index (χ4v) is 4.63. The van der Waals surface area contributed by atoms with Gasteiger partial charge in [-0.15, -0.1) is 0 Å². The molecular formula is C22H24N4O3S. The number of aromatic nitrogens is 1. The first-order valence-corrected chi connectivity index (χ1v) is 10.7. The Kier molecular flexibility index (Phi) is 5.85. The minimum atomic E-state index is -0.123. The lowest BCUT2D eigenvalue weighted by Crippen LogP contribution is -2.40. The van der Waals surface area contributed by atoms with E-state index < -0.39 is 0 Å². The van der Waals surface area contributed by atoms with E-state index in [0.29, 0.717) is 12.2 Å². The van der Waals surface area contributed by atoms with Crippen molar-refractivity contribution in [1.29, 1.82) is 0 Å². The van der Waals surface area contributed by atoms with Crippen molar-refractivity contribution in [2.45, 2.75) is 19.8 Å². The Morgan fingerprint density at radius 2 is 1.87 bits per heavy atom. The van der Waals surface area contributed by atoms with Crippen LogP contribution in [0.2, 0.25) is 0 Å². The Bertz CT molecular complexity index is 1060. The van der Waals surface area contributed by atoms with E-state index in [1.807, 2.05) is 18.2 Å². The highest BCUT2D eigenvalue weighted by Gasteiger charge is 2.27. The predicted octanol–water partition coefficient (Wildman–Crippen LogP) is 4.12. The van der Waals surface area contributed by atoms with Gasteiger partial charge in [-0.25, -0.2) is 4.98 Å². The fraction of sp³-hybridized carbons (Fsp3) is 0.318. The number of benzene rings is 2. The van der Waals surface area contributed by atoms with Crippen LogP contribution in [-0.4, -0.2) is 37.0 Å². The van der Waals surface area contributed by atoms with Crippen LogP contribution < -0.4 is 20.3 Å². The monoisotopic (exact) mass is 424 g/mol. The highest BCUT2D eigenvalue weighted by molar-refractivity contribution is 7.22. The number of nitrogens with one attached hydrogen (secondary N) is 2. The van der Waals surface area contributed by atoms with Gasteiger partial charge in [-0.1, -0.05) is 11.3 Å². The third-order valence-corrected chi connectivity index (χ3v) is 6.20. The topological polar surface area (TPSA) is 83.6 Å². The summed E-state index contributed by atoms with van der Waals surface area (Å²) in [6.45, 7) is 3.01. The summed E-state index contributed by atoms with van der Waals surface area (Å²) in [5, 5.41) is 6.65. The number of nitrogens with zero attached hydrogens (tertiary/aromatic N) is 2. The van der Waals surface area contributed by atoms with Gasteiger partial charge in [0.15, 0.2) is 5.13 Å². The van der Waals surface area contributed by atoms with Crippen molar-refractivity contribution in [1.82, 2.24) is 4.98 Å². The predicted molar refractivity (Wildman–Crippen MR) is 120 cm³/mol. The maximum Gasteiger partial charge on any atom is 0.229 e. The third kappa shape index (κ3) is 4.54. The molecular weight excluding hydrogens is 400 g/mol. The zero-order valence-electron chi connectivity index (χ0n) is 17.0. The van der Waals surface area contributed by atoms with Gasteiger partial charge in [-0.2, -0.15) is 0 Å². The van der Waals surface area contributed by atoms with E-state index >= 15 is 0 Å². The Hall–Kier alpha value is -3.13. The number of carbonyl (C=O) groups is 2. The molecule has 1 fully saturated rings. The highest BCUT2D eigenvalue weighted by Crippen LogP contribution is 2.33. The van der Waals surface area contributed by atoms with Crippen LogP contribution in [0.4, 0.5) is 16.5 Å². The summed E-state index contributed by atoms with van der Waals surface area (Å²) in [6.07, 6.45) is 1.80. The summed E-state index contributed by atoms with van der Waals surface area (Å²) in [7, 11) is 1.66. The van der Waals surface area contributed by atoms with Gasteiger partial charge in [-0.3, -0.25) is 9.59 Å². The van der Waals surface area contributed by atoms with Gasteiger partial charge in [0, 0.05) is 31.4 Å². The van der Waals surface area contributed by atoms with Crippen LogP contribution in [0.3, 0.4) is 0 Å². The summed E-state index contributed by atoms with van der Waals surface area (Å²) in [4.78, 5) is 30.9. The van der Waals surface area contributed by atoms with Crippen molar-refractivity contribution in [3.8, 4) is 5.75 Å². The normalized spacial score (nSPS) is 16.3. The zero-order chi connectivity index (χ0) is 21.1. The van der Waals surface area contributed by atoms with Crippen molar-refractivity contribution < 1.29 is 14.3 Å². The largest absolute Gasteiger partial charge is 0.497 e. The number of rotatable bonds is 5. The minimum Gasteiger partial charge on any atom is -0.497 e. The van der Waals surface area contributed by atoms with E-state index in [2.05, 4.69) is 15.5 Å². The van der Waals surface area contributed by atoms with Crippen molar-refractivity contribution in [2.75, 3.05) is 35.7 Å². The average Bonchev–Trinajstić information content (AvgIpc) is 3.18. The molecule has 156 valence electrons. The number of methoxy groups -OCH3 is 1. The Balaban J connectivity index is 1.42. The maximum absolute atomic E-state index is 12.8. The van der Waals surface area contributed by atoms with E-state index in [0.717, 1.165) is 46.2 Å². The van der Waals surface area contributed by atoms with E-state index in [1.54, 1.807) is 42.7 Å². The quantitative estimate of drug-likeness (QED) is 0.644. The molecule has 2 amide bonds. The van der Waals surface area contributed by atoms with Gasteiger partial charge in [0.1, 0.15) is 5.75 Å².